The van der Waals surface area contributed by atoms with Gasteiger partial charge in [0, 0.05) is 29.2 Å². The van der Waals surface area contributed by atoms with Gasteiger partial charge in [-0.05, 0) is 39.0 Å². The number of fused-ring (bicyclic) bond motifs is 1. The molecule has 0 amide bonds. The third kappa shape index (κ3) is 1.68. The van der Waals surface area contributed by atoms with E-state index in [1.165, 1.54) is 0 Å². The first kappa shape index (κ1) is 19.7. The fourth-order valence-electron chi connectivity index (χ4n) is 7.66. The zero-order valence-corrected chi connectivity index (χ0v) is 17.4. The highest BCUT2D eigenvalue weighted by Crippen LogP contribution is 2.80. The number of ketones is 1. The van der Waals surface area contributed by atoms with Crippen LogP contribution in [0.1, 0.15) is 59.8 Å². The first-order chi connectivity index (χ1) is 13.4. The van der Waals surface area contributed by atoms with Crippen molar-refractivity contribution in [1.29, 1.82) is 0 Å². The molecular weight excluding hydrogens is 376 g/mol. The van der Waals surface area contributed by atoms with Crippen molar-refractivity contribution in [1.82, 2.24) is 0 Å². The molecule has 1 aliphatic heterocycles. The summed E-state index contributed by atoms with van der Waals surface area (Å²) < 4.78 is 12.0. The van der Waals surface area contributed by atoms with Crippen molar-refractivity contribution >= 4 is 11.8 Å². The van der Waals surface area contributed by atoms with Gasteiger partial charge in [-0.2, -0.15) is 0 Å². The molecule has 4 saturated carbocycles. The van der Waals surface area contributed by atoms with Crippen LogP contribution in [0, 0.1) is 22.2 Å². The lowest BCUT2D eigenvalue weighted by Gasteiger charge is -2.70. The maximum Gasteiger partial charge on any atom is 0.336 e. The maximum absolute atomic E-state index is 13.5. The number of allylic oxidation sites excluding steroid dienone is 1. The number of esters is 1. The number of aliphatic hydroxyl groups excluding tert-OH is 2. The third-order valence-electron chi connectivity index (χ3n) is 9.80. The Balaban J connectivity index is 1.70. The van der Waals surface area contributed by atoms with Crippen LogP contribution in [0.5, 0.6) is 0 Å². The molecule has 0 unspecified atom stereocenters. The number of carbonyl (C=O) groups is 2. The van der Waals surface area contributed by atoms with E-state index in [2.05, 4.69) is 0 Å². The van der Waals surface area contributed by atoms with E-state index in [0.717, 1.165) is 18.4 Å². The summed E-state index contributed by atoms with van der Waals surface area (Å²) in [5.41, 5.74) is -3.81. The number of rotatable bonds is 2. The van der Waals surface area contributed by atoms with Gasteiger partial charge in [-0.1, -0.05) is 19.4 Å². The fraction of sp³-hybridized carbons (Fsp3) is 0.818. The number of hydrogen-bond acceptors (Lipinski definition) is 7. The summed E-state index contributed by atoms with van der Waals surface area (Å²) in [7, 11) is 0. The van der Waals surface area contributed by atoms with E-state index in [9.17, 15) is 24.9 Å². The summed E-state index contributed by atoms with van der Waals surface area (Å²) in [5.74, 6) is -3.17. The van der Waals surface area contributed by atoms with Crippen LogP contribution in [-0.2, 0) is 19.1 Å². The van der Waals surface area contributed by atoms with E-state index in [1.54, 1.807) is 20.8 Å². The average Bonchev–Trinajstić information content (AvgIpc) is 3.24. The van der Waals surface area contributed by atoms with Crippen LogP contribution in [0.4, 0.5) is 0 Å². The first-order valence-electron chi connectivity index (χ1n) is 10.6. The Hall–Kier alpha value is -1.28. The predicted molar refractivity (Wildman–Crippen MR) is 100 cm³/mol. The van der Waals surface area contributed by atoms with Crippen molar-refractivity contribution in [2.24, 2.45) is 22.2 Å². The molecule has 0 aromatic heterocycles. The molecule has 5 aliphatic carbocycles. The number of aliphatic hydroxyl groups is 3. The van der Waals surface area contributed by atoms with Crippen LogP contribution >= 0.6 is 0 Å². The summed E-state index contributed by atoms with van der Waals surface area (Å²) in [6.07, 6.45) is -0.00932. The van der Waals surface area contributed by atoms with Crippen molar-refractivity contribution in [3.8, 4) is 0 Å². The fourth-order valence-corrected chi connectivity index (χ4v) is 7.66. The van der Waals surface area contributed by atoms with Crippen LogP contribution in [0.3, 0.4) is 0 Å². The molecule has 1 spiro atoms. The third-order valence-corrected chi connectivity index (χ3v) is 9.80. The topological polar surface area (TPSA) is 113 Å². The van der Waals surface area contributed by atoms with Gasteiger partial charge in [0.15, 0.2) is 0 Å². The lowest BCUT2D eigenvalue weighted by Crippen LogP contribution is -2.84. The highest BCUT2D eigenvalue weighted by molar-refractivity contribution is 5.94. The van der Waals surface area contributed by atoms with Crippen molar-refractivity contribution in [2.75, 3.05) is 6.61 Å². The molecule has 160 valence electrons. The molecule has 29 heavy (non-hydrogen) atoms. The van der Waals surface area contributed by atoms with Crippen molar-refractivity contribution in [3.63, 3.8) is 0 Å². The molecule has 5 fully saturated rings. The van der Waals surface area contributed by atoms with E-state index in [1.807, 2.05) is 6.92 Å². The molecule has 6 aliphatic rings. The lowest BCUT2D eigenvalue weighted by atomic mass is 9.35. The van der Waals surface area contributed by atoms with Crippen LogP contribution in [-0.4, -0.2) is 57.3 Å². The zero-order chi connectivity index (χ0) is 21.2. The van der Waals surface area contributed by atoms with Crippen LogP contribution in [0.15, 0.2) is 11.1 Å². The standard InChI is InChI=1S/C22H30O7/c1-11-6-5-7-13(11)16(25)29-22-17(26)20-9-15(24)19(22,4)18(3,10-28-22)21(20,27)8-14(23)12(20)2/h12,14,17,23,26-27H,5-10H2,1-4H3/t12-,14+,17-,18-,19-,20+,21+,22+/m0/s1. The molecule has 1 saturated heterocycles. The minimum Gasteiger partial charge on any atom is -0.426 e. The summed E-state index contributed by atoms with van der Waals surface area (Å²) >= 11 is 0. The Morgan fingerprint density at radius 3 is 2.55 bits per heavy atom. The minimum atomic E-state index is -1.87. The van der Waals surface area contributed by atoms with Crippen LogP contribution < -0.4 is 0 Å². The van der Waals surface area contributed by atoms with Gasteiger partial charge >= 0.3 is 5.97 Å². The lowest BCUT2D eigenvalue weighted by molar-refractivity contribution is -0.369. The van der Waals surface area contributed by atoms with E-state index in [0.29, 0.717) is 12.0 Å². The molecule has 0 aromatic rings. The summed E-state index contributed by atoms with van der Waals surface area (Å²) in [5, 5.41) is 34.3. The van der Waals surface area contributed by atoms with Gasteiger partial charge in [-0.25, -0.2) is 4.79 Å². The second-order valence-electron chi connectivity index (χ2n) is 10.4. The predicted octanol–water partition coefficient (Wildman–Crippen LogP) is 1.23. The van der Waals surface area contributed by atoms with E-state index >= 15 is 0 Å². The molecule has 7 heteroatoms. The second-order valence-corrected chi connectivity index (χ2v) is 10.4. The first-order valence-corrected chi connectivity index (χ1v) is 10.6. The van der Waals surface area contributed by atoms with Gasteiger partial charge in [0.25, 0.3) is 5.79 Å². The van der Waals surface area contributed by atoms with Crippen molar-refractivity contribution < 1.29 is 34.4 Å². The van der Waals surface area contributed by atoms with Crippen LogP contribution in [0.2, 0.25) is 0 Å². The Labute approximate surface area is 170 Å². The highest BCUT2D eigenvalue weighted by atomic mass is 16.7. The van der Waals surface area contributed by atoms with E-state index in [-0.39, 0.29) is 25.2 Å². The molecule has 0 aromatic carbocycles. The highest BCUT2D eigenvalue weighted by Gasteiger charge is 2.93. The molecule has 8 atom stereocenters. The Bertz CT molecular complexity index is 865. The number of Topliss-reactive ketones (excluding diaryl/α,β-unsaturated/α-hetero) is 1. The molecule has 7 nitrogen and oxygen atoms in total. The summed E-state index contributed by atoms with van der Waals surface area (Å²) in [6, 6.07) is 0. The molecular formula is C22H30O7. The maximum atomic E-state index is 13.5. The van der Waals surface area contributed by atoms with Gasteiger partial charge in [0.2, 0.25) is 0 Å². The molecule has 3 N–H and O–H groups in total. The quantitative estimate of drug-likeness (QED) is 0.591. The molecule has 6 rings (SSSR count). The zero-order valence-electron chi connectivity index (χ0n) is 17.4. The van der Waals surface area contributed by atoms with Gasteiger partial charge in [0.1, 0.15) is 17.3 Å². The SMILES string of the molecule is CC1=C(C(=O)O[C@@]23OC[C@]4(C)[C@]5(O)C[C@@H](O)[C@H](C)[C@]5(CC(=O)[C@]24C)[C@@H]3O)CCC1. The minimum absolute atomic E-state index is 0.0324. The van der Waals surface area contributed by atoms with E-state index in [4.69, 9.17) is 9.47 Å². The Morgan fingerprint density at radius 2 is 1.93 bits per heavy atom. The second kappa shape index (κ2) is 5.31. The van der Waals surface area contributed by atoms with E-state index < -0.39 is 51.7 Å². The average molecular weight is 406 g/mol. The molecule has 4 bridgehead atoms. The van der Waals surface area contributed by atoms with Gasteiger partial charge in [0.05, 0.1) is 18.3 Å². The Kier molecular flexibility index (Phi) is 3.60. The van der Waals surface area contributed by atoms with Crippen molar-refractivity contribution in [2.45, 2.75) is 83.4 Å². The number of ether oxygens (including phenoxy) is 2. The van der Waals surface area contributed by atoms with Gasteiger partial charge in [-0.15, -0.1) is 0 Å². The molecule has 0 radical (unpaired) electrons. The van der Waals surface area contributed by atoms with Gasteiger partial charge in [-0.3, -0.25) is 4.79 Å². The van der Waals surface area contributed by atoms with Crippen LogP contribution in [0.25, 0.3) is 0 Å². The molecule has 1 heterocycles. The summed E-state index contributed by atoms with van der Waals surface area (Å²) in [4.78, 5) is 26.6. The smallest absolute Gasteiger partial charge is 0.336 e. The van der Waals surface area contributed by atoms with Crippen molar-refractivity contribution in [3.05, 3.63) is 11.1 Å². The normalized spacial score (nSPS) is 55.6. The largest absolute Gasteiger partial charge is 0.426 e. The monoisotopic (exact) mass is 406 g/mol. The number of carbonyl (C=O) groups excluding carboxylic acids is 2. The summed E-state index contributed by atoms with van der Waals surface area (Å²) in [6.45, 7) is 7.02. The number of hydrogen-bond donors (Lipinski definition) is 3. The van der Waals surface area contributed by atoms with Gasteiger partial charge < -0.3 is 24.8 Å². The Morgan fingerprint density at radius 1 is 1.24 bits per heavy atom.